The molecular formula is C11H13Cl2NO2. The Kier molecular flexibility index (Phi) is 5.06. The fourth-order valence-electron chi connectivity index (χ4n) is 1.38. The molecule has 1 aromatic rings. The summed E-state index contributed by atoms with van der Waals surface area (Å²) in [6.07, 6.45) is 1.30. The van der Waals surface area contributed by atoms with Crippen molar-refractivity contribution in [3.8, 4) is 0 Å². The van der Waals surface area contributed by atoms with E-state index in [-0.39, 0.29) is 12.5 Å². The highest BCUT2D eigenvalue weighted by molar-refractivity contribution is 6.42. The van der Waals surface area contributed by atoms with Gasteiger partial charge in [-0.2, -0.15) is 0 Å². The lowest BCUT2D eigenvalue weighted by Gasteiger charge is -2.11. The molecule has 0 aliphatic rings. The monoisotopic (exact) mass is 261 g/mol. The van der Waals surface area contributed by atoms with Crippen molar-refractivity contribution >= 4 is 29.2 Å². The Morgan fingerprint density at radius 2 is 2.06 bits per heavy atom. The molecule has 0 aliphatic heterocycles. The molecule has 1 atom stereocenters. The fourth-order valence-corrected chi connectivity index (χ4v) is 1.69. The molecule has 0 bridgehead atoms. The molecule has 16 heavy (non-hydrogen) atoms. The van der Waals surface area contributed by atoms with E-state index >= 15 is 0 Å². The molecule has 0 spiro atoms. The first-order valence-corrected chi connectivity index (χ1v) is 5.68. The Bertz CT molecular complexity index is 382. The highest BCUT2D eigenvalue weighted by atomic mass is 35.5. The van der Waals surface area contributed by atoms with Gasteiger partial charge in [-0.25, -0.2) is 0 Å². The van der Waals surface area contributed by atoms with E-state index in [1.54, 1.807) is 18.2 Å². The average Bonchev–Trinajstić information content (AvgIpc) is 2.21. The van der Waals surface area contributed by atoms with E-state index in [1.165, 1.54) is 0 Å². The minimum Gasteiger partial charge on any atom is -0.481 e. The standard InChI is InChI=1S/C11H13Cl2NO2/c12-8-5-4-7(6-9(8)13)10(14)2-1-3-11(15)16/h4-6,10H,1-3,14H2,(H,15,16). The average molecular weight is 262 g/mol. The van der Waals surface area contributed by atoms with Crippen LogP contribution in [0, 0.1) is 0 Å². The van der Waals surface area contributed by atoms with Crippen molar-refractivity contribution in [2.75, 3.05) is 0 Å². The van der Waals surface area contributed by atoms with Gasteiger partial charge in [0.15, 0.2) is 0 Å². The molecule has 0 amide bonds. The summed E-state index contributed by atoms with van der Waals surface area (Å²) in [5.74, 6) is -0.804. The first kappa shape index (κ1) is 13.3. The van der Waals surface area contributed by atoms with E-state index in [4.69, 9.17) is 34.0 Å². The van der Waals surface area contributed by atoms with Crippen LogP contribution in [-0.4, -0.2) is 11.1 Å². The highest BCUT2D eigenvalue weighted by Gasteiger charge is 2.08. The molecule has 1 rings (SSSR count). The zero-order valence-electron chi connectivity index (χ0n) is 8.62. The molecule has 0 fully saturated rings. The number of aliphatic carboxylic acids is 1. The van der Waals surface area contributed by atoms with Crippen LogP contribution in [0.25, 0.3) is 0 Å². The number of carbonyl (C=O) groups is 1. The van der Waals surface area contributed by atoms with Crippen molar-refractivity contribution in [1.29, 1.82) is 0 Å². The molecule has 0 aliphatic carbocycles. The van der Waals surface area contributed by atoms with Gasteiger partial charge < -0.3 is 10.8 Å². The number of carboxylic acid groups (broad SMARTS) is 1. The van der Waals surface area contributed by atoms with Crippen molar-refractivity contribution < 1.29 is 9.90 Å². The third-order valence-corrected chi connectivity index (χ3v) is 3.02. The van der Waals surface area contributed by atoms with E-state index < -0.39 is 5.97 Å². The van der Waals surface area contributed by atoms with E-state index in [1.807, 2.05) is 0 Å². The Labute approximate surface area is 104 Å². The van der Waals surface area contributed by atoms with Gasteiger partial charge in [0.1, 0.15) is 0 Å². The summed E-state index contributed by atoms with van der Waals surface area (Å²) in [7, 11) is 0. The Hall–Kier alpha value is -0.770. The van der Waals surface area contributed by atoms with Gasteiger partial charge in [-0.1, -0.05) is 29.3 Å². The fraction of sp³-hybridized carbons (Fsp3) is 0.364. The van der Waals surface area contributed by atoms with Gasteiger partial charge in [0.25, 0.3) is 0 Å². The van der Waals surface area contributed by atoms with Crippen molar-refractivity contribution in [3.63, 3.8) is 0 Å². The lowest BCUT2D eigenvalue weighted by atomic mass is 10.0. The van der Waals surface area contributed by atoms with Crippen LogP contribution in [0.4, 0.5) is 0 Å². The molecule has 0 aromatic heterocycles. The molecule has 5 heteroatoms. The SMILES string of the molecule is NC(CCCC(=O)O)c1ccc(Cl)c(Cl)c1. The Balaban J connectivity index is 2.55. The maximum atomic E-state index is 10.3. The molecule has 1 unspecified atom stereocenters. The number of carboxylic acids is 1. The normalized spacial score (nSPS) is 12.4. The third kappa shape index (κ3) is 4.00. The van der Waals surface area contributed by atoms with Crippen LogP contribution in [0.2, 0.25) is 10.0 Å². The van der Waals surface area contributed by atoms with Gasteiger partial charge in [0.05, 0.1) is 10.0 Å². The van der Waals surface area contributed by atoms with Crippen LogP contribution in [0.3, 0.4) is 0 Å². The van der Waals surface area contributed by atoms with Crippen LogP contribution in [0.1, 0.15) is 30.9 Å². The van der Waals surface area contributed by atoms with E-state index in [9.17, 15) is 4.79 Å². The zero-order valence-corrected chi connectivity index (χ0v) is 10.1. The molecule has 88 valence electrons. The van der Waals surface area contributed by atoms with Crippen molar-refractivity contribution in [1.82, 2.24) is 0 Å². The summed E-state index contributed by atoms with van der Waals surface area (Å²) in [5, 5.41) is 9.45. The number of hydrogen-bond donors (Lipinski definition) is 2. The minimum absolute atomic E-state index is 0.134. The largest absolute Gasteiger partial charge is 0.481 e. The number of benzene rings is 1. The number of nitrogens with two attached hydrogens (primary N) is 1. The predicted octanol–water partition coefficient (Wildman–Crippen LogP) is 3.25. The molecule has 3 N–H and O–H groups in total. The second kappa shape index (κ2) is 6.09. The summed E-state index contributed by atoms with van der Waals surface area (Å²) >= 11 is 11.6. The van der Waals surface area contributed by atoms with Crippen LogP contribution in [-0.2, 0) is 4.79 Å². The van der Waals surface area contributed by atoms with Crippen molar-refractivity contribution in [3.05, 3.63) is 33.8 Å². The van der Waals surface area contributed by atoms with Gasteiger partial charge in [0.2, 0.25) is 0 Å². The lowest BCUT2D eigenvalue weighted by molar-refractivity contribution is -0.137. The lowest BCUT2D eigenvalue weighted by Crippen LogP contribution is -2.10. The van der Waals surface area contributed by atoms with Gasteiger partial charge in [0, 0.05) is 12.5 Å². The van der Waals surface area contributed by atoms with E-state index in [0.29, 0.717) is 22.9 Å². The summed E-state index contributed by atoms with van der Waals surface area (Å²) in [5.41, 5.74) is 6.78. The van der Waals surface area contributed by atoms with Gasteiger partial charge in [-0.15, -0.1) is 0 Å². The molecule has 0 heterocycles. The first-order chi connectivity index (χ1) is 7.50. The second-order valence-corrected chi connectivity index (χ2v) is 4.38. The van der Waals surface area contributed by atoms with Crippen LogP contribution < -0.4 is 5.73 Å². The Morgan fingerprint density at radius 1 is 1.38 bits per heavy atom. The topological polar surface area (TPSA) is 63.3 Å². The molecule has 0 saturated carbocycles. The molecule has 0 radical (unpaired) electrons. The van der Waals surface area contributed by atoms with Crippen LogP contribution in [0.5, 0.6) is 0 Å². The number of rotatable bonds is 5. The molecule has 3 nitrogen and oxygen atoms in total. The van der Waals surface area contributed by atoms with Gasteiger partial charge >= 0.3 is 5.97 Å². The van der Waals surface area contributed by atoms with Gasteiger partial charge in [-0.3, -0.25) is 4.79 Å². The van der Waals surface area contributed by atoms with Crippen molar-refractivity contribution in [2.24, 2.45) is 5.73 Å². The zero-order chi connectivity index (χ0) is 12.1. The maximum absolute atomic E-state index is 10.3. The van der Waals surface area contributed by atoms with Crippen LogP contribution >= 0.6 is 23.2 Å². The predicted molar refractivity (Wildman–Crippen MR) is 64.9 cm³/mol. The van der Waals surface area contributed by atoms with E-state index in [0.717, 1.165) is 5.56 Å². The first-order valence-electron chi connectivity index (χ1n) is 4.93. The Morgan fingerprint density at radius 3 is 2.62 bits per heavy atom. The third-order valence-electron chi connectivity index (χ3n) is 2.28. The molecule has 0 saturated heterocycles. The highest BCUT2D eigenvalue weighted by Crippen LogP contribution is 2.26. The summed E-state index contributed by atoms with van der Waals surface area (Å²) in [4.78, 5) is 10.3. The molecule has 1 aromatic carbocycles. The van der Waals surface area contributed by atoms with Gasteiger partial charge in [-0.05, 0) is 30.5 Å². The van der Waals surface area contributed by atoms with E-state index in [2.05, 4.69) is 0 Å². The molecular weight excluding hydrogens is 249 g/mol. The van der Waals surface area contributed by atoms with Crippen LogP contribution in [0.15, 0.2) is 18.2 Å². The number of halogens is 2. The van der Waals surface area contributed by atoms with Crippen molar-refractivity contribution in [2.45, 2.75) is 25.3 Å². The quantitative estimate of drug-likeness (QED) is 0.856. The summed E-state index contributed by atoms with van der Waals surface area (Å²) in [6.45, 7) is 0. The summed E-state index contributed by atoms with van der Waals surface area (Å²) in [6, 6.07) is 5.01. The second-order valence-electron chi connectivity index (χ2n) is 3.57. The minimum atomic E-state index is -0.804. The maximum Gasteiger partial charge on any atom is 0.303 e. The number of hydrogen-bond acceptors (Lipinski definition) is 2. The smallest absolute Gasteiger partial charge is 0.303 e. The summed E-state index contributed by atoms with van der Waals surface area (Å²) < 4.78 is 0.